The van der Waals surface area contributed by atoms with Gasteiger partial charge >= 0.3 is 0 Å². The lowest BCUT2D eigenvalue weighted by atomic mass is 10.1. The lowest BCUT2D eigenvalue weighted by Gasteiger charge is -2.17. The summed E-state index contributed by atoms with van der Waals surface area (Å²) in [6.45, 7) is 9.17. The average Bonchev–Trinajstić information content (AvgIpc) is 2.29. The highest BCUT2D eigenvalue weighted by molar-refractivity contribution is 6.88. The Kier molecular flexibility index (Phi) is 3.16. The molecule has 0 aliphatic heterocycles. The Morgan fingerprint density at radius 1 is 1.00 bits per heavy atom. The van der Waals surface area contributed by atoms with E-state index in [0.29, 0.717) is 0 Å². The molecule has 2 aromatic rings. The summed E-state index contributed by atoms with van der Waals surface area (Å²) in [6, 6.07) is 13.0. The summed E-state index contributed by atoms with van der Waals surface area (Å²) < 4.78 is 0. The van der Waals surface area contributed by atoms with Crippen molar-refractivity contribution in [2.75, 3.05) is 0 Å². The number of hydrogen-bond acceptors (Lipinski definition) is 1. The van der Waals surface area contributed by atoms with Crippen LogP contribution in [0.2, 0.25) is 19.6 Å². The van der Waals surface area contributed by atoms with Gasteiger partial charge in [-0.1, -0.05) is 55.2 Å². The van der Waals surface area contributed by atoms with Crippen LogP contribution in [-0.4, -0.2) is 13.1 Å². The highest BCUT2D eigenvalue weighted by Crippen LogP contribution is 2.16. The Labute approximate surface area is 105 Å². The minimum absolute atomic E-state index is 1.07. The third-order valence-electron chi connectivity index (χ3n) is 2.94. The van der Waals surface area contributed by atoms with Crippen molar-refractivity contribution in [1.29, 1.82) is 0 Å². The number of pyridine rings is 1. The third kappa shape index (κ3) is 2.83. The molecule has 0 bridgehead atoms. The fraction of sp³-hybridized carbons (Fsp3) is 0.267. The first-order chi connectivity index (χ1) is 7.97. The van der Waals surface area contributed by atoms with Crippen LogP contribution in [0.5, 0.6) is 0 Å². The zero-order valence-corrected chi connectivity index (χ0v) is 12.0. The van der Waals surface area contributed by atoms with E-state index in [9.17, 15) is 0 Å². The first-order valence-electron chi connectivity index (χ1n) is 6.00. The topological polar surface area (TPSA) is 12.9 Å². The molecule has 0 aliphatic rings. The van der Waals surface area contributed by atoms with E-state index in [1.165, 1.54) is 16.3 Å². The van der Waals surface area contributed by atoms with Crippen molar-refractivity contribution in [3.8, 4) is 11.3 Å². The molecule has 0 saturated heterocycles. The molecule has 1 aromatic heterocycles. The van der Waals surface area contributed by atoms with Gasteiger partial charge in [-0.3, -0.25) is 4.98 Å². The van der Waals surface area contributed by atoms with Crippen LogP contribution in [0.15, 0.2) is 42.6 Å². The van der Waals surface area contributed by atoms with Crippen LogP contribution in [0.3, 0.4) is 0 Å². The van der Waals surface area contributed by atoms with E-state index in [1.54, 1.807) is 0 Å². The van der Waals surface area contributed by atoms with Gasteiger partial charge in [0.1, 0.15) is 0 Å². The highest BCUT2D eigenvalue weighted by atomic mass is 28.3. The van der Waals surface area contributed by atoms with Gasteiger partial charge in [0.25, 0.3) is 0 Å². The minimum atomic E-state index is -1.24. The van der Waals surface area contributed by atoms with E-state index in [-0.39, 0.29) is 0 Å². The lowest BCUT2D eigenvalue weighted by molar-refractivity contribution is 1.27. The zero-order valence-electron chi connectivity index (χ0n) is 11.0. The summed E-state index contributed by atoms with van der Waals surface area (Å²) in [5, 5.41) is 1.48. The monoisotopic (exact) mass is 241 g/mol. The highest BCUT2D eigenvalue weighted by Gasteiger charge is 2.16. The predicted molar refractivity (Wildman–Crippen MR) is 77.4 cm³/mol. The number of benzene rings is 1. The molecular formula is C15H19NSi. The van der Waals surface area contributed by atoms with E-state index in [1.807, 2.05) is 6.20 Å². The molecule has 0 unspecified atom stereocenters. The average molecular weight is 241 g/mol. The third-order valence-corrected chi connectivity index (χ3v) is 4.98. The van der Waals surface area contributed by atoms with Crippen LogP contribution >= 0.6 is 0 Å². The maximum absolute atomic E-state index is 4.49. The van der Waals surface area contributed by atoms with Gasteiger partial charge in [0.15, 0.2) is 0 Å². The Bertz CT molecular complexity index is 509. The number of nitrogens with zero attached hydrogens (tertiary/aromatic N) is 1. The molecular weight excluding hydrogens is 222 g/mol. The SMILES string of the molecule is Cc1ccc(-c2cccc([Si](C)(C)C)c2)nc1. The molecule has 0 fully saturated rings. The van der Waals surface area contributed by atoms with E-state index in [0.717, 1.165) is 5.69 Å². The maximum Gasteiger partial charge on any atom is 0.0776 e. The Balaban J connectivity index is 2.43. The van der Waals surface area contributed by atoms with Gasteiger partial charge in [0.05, 0.1) is 13.8 Å². The van der Waals surface area contributed by atoms with Crippen LogP contribution in [-0.2, 0) is 0 Å². The zero-order chi connectivity index (χ0) is 12.5. The van der Waals surface area contributed by atoms with Crippen molar-refractivity contribution in [2.45, 2.75) is 26.6 Å². The molecule has 1 aromatic carbocycles. The van der Waals surface area contributed by atoms with Crippen LogP contribution < -0.4 is 5.19 Å². The molecule has 0 amide bonds. The molecule has 0 aliphatic carbocycles. The quantitative estimate of drug-likeness (QED) is 0.732. The van der Waals surface area contributed by atoms with Gasteiger partial charge in [0.2, 0.25) is 0 Å². The van der Waals surface area contributed by atoms with Crippen molar-refractivity contribution in [2.24, 2.45) is 0 Å². The Morgan fingerprint density at radius 2 is 1.76 bits per heavy atom. The van der Waals surface area contributed by atoms with Crippen molar-refractivity contribution in [1.82, 2.24) is 4.98 Å². The number of aromatic nitrogens is 1. The molecule has 0 atom stereocenters. The van der Waals surface area contributed by atoms with Gasteiger partial charge < -0.3 is 0 Å². The van der Waals surface area contributed by atoms with Gasteiger partial charge in [-0.05, 0) is 24.1 Å². The minimum Gasteiger partial charge on any atom is -0.256 e. The second kappa shape index (κ2) is 4.45. The summed E-state index contributed by atoms with van der Waals surface area (Å²) in [5.41, 5.74) is 3.50. The van der Waals surface area contributed by atoms with Crippen LogP contribution in [0, 0.1) is 6.92 Å². The molecule has 2 rings (SSSR count). The first kappa shape index (κ1) is 12.1. The molecule has 2 heteroatoms. The van der Waals surface area contributed by atoms with Crippen LogP contribution in [0.1, 0.15) is 5.56 Å². The molecule has 0 radical (unpaired) electrons. The van der Waals surface area contributed by atoms with Crippen LogP contribution in [0.25, 0.3) is 11.3 Å². The lowest BCUT2D eigenvalue weighted by Crippen LogP contribution is -2.37. The fourth-order valence-electron chi connectivity index (χ4n) is 1.78. The molecule has 0 N–H and O–H groups in total. The summed E-state index contributed by atoms with van der Waals surface area (Å²) >= 11 is 0. The van der Waals surface area contributed by atoms with Gasteiger partial charge in [-0.15, -0.1) is 0 Å². The van der Waals surface area contributed by atoms with Gasteiger partial charge in [-0.25, -0.2) is 0 Å². The van der Waals surface area contributed by atoms with E-state index in [2.05, 4.69) is 67.9 Å². The maximum atomic E-state index is 4.49. The van der Waals surface area contributed by atoms with Crippen molar-refractivity contribution in [3.05, 3.63) is 48.2 Å². The summed E-state index contributed by atoms with van der Waals surface area (Å²) in [7, 11) is -1.24. The number of aryl methyl sites for hydroxylation is 1. The summed E-state index contributed by atoms with van der Waals surface area (Å²) in [4.78, 5) is 4.49. The molecule has 1 nitrogen and oxygen atoms in total. The van der Waals surface area contributed by atoms with Crippen molar-refractivity contribution < 1.29 is 0 Å². The first-order valence-corrected chi connectivity index (χ1v) is 9.50. The molecule has 0 spiro atoms. The number of rotatable bonds is 2. The summed E-state index contributed by atoms with van der Waals surface area (Å²) in [5.74, 6) is 0. The predicted octanol–water partition coefficient (Wildman–Crippen LogP) is 3.60. The smallest absolute Gasteiger partial charge is 0.0776 e. The molecule has 88 valence electrons. The fourth-order valence-corrected chi connectivity index (χ4v) is 2.97. The van der Waals surface area contributed by atoms with Gasteiger partial charge in [0, 0.05) is 6.20 Å². The largest absolute Gasteiger partial charge is 0.256 e. The second-order valence-corrected chi connectivity index (χ2v) is 10.6. The molecule has 1 heterocycles. The molecule has 0 saturated carbocycles. The Hall–Kier alpha value is -1.41. The standard InChI is InChI=1S/C15H19NSi/c1-12-8-9-15(16-11-12)13-6-5-7-14(10-13)17(2,3)4/h5-11H,1-4H3. The second-order valence-electron chi connectivity index (χ2n) is 5.55. The summed E-state index contributed by atoms with van der Waals surface area (Å²) in [6.07, 6.45) is 1.93. The van der Waals surface area contributed by atoms with Gasteiger partial charge in [-0.2, -0.15) is 0 Å². The van der Waals surface area contributed by atoms with Crippen LogP contribution in [0.4, 0.5) is 0 Å². The van der Waals surface area contributed by atoms with E-state index < -0.39 is 8.07 Å². The van der Waals surface area contributed by atoms with Crippen molar-refractivity contribution >= 4 is 13.3 Å². The Morgan fingerprint density at radius 3 is 2.35 bits per heavy atom. The molecule has 17 heavy (non-hydrogen) atoms. The van der Waals surface area contributed by atoms with E-state index >= 15 is 0 Å². The normalized spacial score (nSPS) is 11.5. The van der Waals surface area contributed by atoms with Crippen molar-refractivity contribution in [3.63, 3.8) is 0 Å². The number of hydrogen-bond donors (Lipinski definition) is 0. The van der Waals surface area contributed by atoms with E-state index in [4.69, 9.17) is 0 Å².